The summed E-state index contributed by atoms with van der Waals surface area (Å²) in [5, 5.41) is 9.82. The summed E-state index contributed by atoms with van der Waals surface area (Å²) in [6.45, 7) is 4.10. The first kappa shape index (κ1) is 23.7. The Labute approximate surface area is 188 Å². The van der Waals surface area contributed by atoms with Gasteiger partial charge in [-0.1, -0.05) is 19.1 Å². The summed E-state index contributed by atoms with van der Waals surface area (Å²) in [4.78, 5) is 9.14. The maximum Gasteiger partial charge on any atom is 0.390 e. The van der Waals surface area contributed by atoms with Crippen LogP contribution in [0.3, 0.4) is 0 Å². The number of alkyl halides is 3. The van der Waals surface area contributed by atoms with Gasteiger partial charge >= 0.3 is 6.18 Å². The number of aryl methyl sites for hydroxylation is 1. The molecular formula is C21H26F3N7S. The molecule has 3 N–H and O–H groups in total. The molecule has 3 rings (SSSR count). The summed E-state index contributed by atoms with van der Waals surface area (Å²) in [5.41, 5.74) is 4.04. The van der Waals surface area contributed by atoms with E-state index in [1.54, 1.807) is 12.3 Å². The molecule has 0 aliphatic heterocycles. The van der Waals surface area contributed by atoms with Crippen LogP contribution in [-0.4, -0.2) is 38.5 Å². The van der Waals surface area contributed by atoms with Crippen LogP contribution in [0, 0.1) is 6.92 Å². The van der Waals surface area contributed by atoms with Gasteiger partial charge in [-0.3, -0.25) is 4.40 Å². The number of aromatic nitrogens is 4. The number of imidazole rings is 1. The highest BCUT2D eigenvalue weighted by Gasteiger charge is 2.26. The summed E-state index contributed by atoms with van der Waals surface area (Å²) < 4.78 is 43.0. The van der Waals surface area contributed by atoms with E-state index in [0.29, 0.717) is 17.2 Å². The lowest BCUT2D eigenvalue weighted by Gasteiger charge is -2.08. The Bertz CT molecular complexity index is 1100. The lowest BCUT2D eigenvalue weighted by Crippen LogP contribution is -2.21. The highest BCUT2D eigenvalue weighted by Crippen LogP contribution is 2.26. The Hall–Kier alpha value is -2.92. The van der Waals surface area contributed by atoms with Gasteiger partial charge in [-0.2, -0.15) is 17.5 Å². The van der Waals surface area contributed by atoms with E-state index in [2.05, 4.69) is 43.3 Å². The summed E-state index contributed by atoms with van der Waals surface area (Å²) in [6, 6.07) is 1.80. The van der Waals surface area contributed by atoms with Gasteiger partial charge in [0.25, 0.3) is 0 Å². The van der Waals surface area contributed by atoms with Gasteiger partial charge in [-0.15, -0.1) is 0 Å². The second-order valence-corrected chi connectivity index (χ2v) is 7.92. The van der Waals surface area contributed by atoms with Crippen LogP contribution in [0.15, 0.2) is 36.8 Å². The number of halogens is 3. The average molecular weight is 466 g/mol. The summed E-state index contributed by atoms with van der Waals surface area (Å²) in [5.74, 6) is 0.583. The fourth-order valence-corrected chi connectivity index (χ4v) is 3.70. The number of allylic oxidation sites excluding steroid dienone is 3. The smallest absolute Gasteiger partial charge is 0.390 e. The van der Waals surface area contributed by atoms with Crippen molar-refractivity contribution in [3.8, 4) is 0 Å². The molecule has 0 saturated carbocycles. The van der Waals surface area contributed by atoms with Gasteiger partial charge in [-0.25, -0.2) is 9.97 Å². The quantitative estimate of drug-likeness (QED) is 0.295. The van der Waals surface area contributed by atoms with Crippen LogP contribution >= 0.6 is 11.5 Å². The first-order valence-electron chi connectivity index (χ1n) is 10.2. The van der Waals surface area contributed by atoms with Crippen molar-refractivity contribution >= 4 is 33.6 Å². The van der Waals surface area contributed by atoms with Crippen LogP contribution < -0.4 is 16.0 Å². The van der Waals surface area contributed by atoms with Crippen molar-refractivity contribution < 1.29 is 13.2 Å². The molecule has 3 aromatic rings. The lowest BCUT2D eigenvalue weighted by molar-refractivity contribution is -0.133. The second kappa shape index (κ2) is 10.6. The van der Waals surface area contributed by atoms with Gasteiger partial charge in [0, 0.05) is 38.1 Å². The summed E-state index contributed by atoms with van der Waals surface area (Å²) in [6.07, 6.45) is 5.65. The highest BCUT2D eigenvalue weighted by atomic mass is 32.1. The second-order valence-electron chi connectivity index (χ2n) is 7.12. The first-order chi connectivity index (χ1) is 15.3. The summed E-state index contributed by atoms with van der Waals surface area (Å²) in [7, 11) is 1.85. The zero-order valence-electron chi connectivity index (χ0n) is 18.1. The number of hydrogen-bond donors (Lipinski definition) is 3. The zero-order valence-corrected chi connectivity index (χ0v) is 18.9. The van der Waals surface area contributed by atoms with E-state index in [-0.39, 0.29) is 13.1 Å². The Kier molecular flexibility index (Phi) is 7.86. The Morgan fingerprint density at radius 3 is 2.84 bits per heavy atom. The van der Waals surface area contributed by atoms with Gasteiger partial charge in [0.1, 0.15) is 5.00 Å². The molecule has 172 valence electrons. The predicted molar refractivity (Wildman–Crippen MR) is 122 cm³/mol. The van der Waals surface area contributed by atoms with Gasteiger partial charge in [0.2, 0.25) is 0 Å². The molecular weight excluding hydrogens is 439 g/mol. The number of anilines is 2. The average Bonchev–Trinajstić information content (AvgIpc) is 3.35. The molecule has 0 spiro atoms. The van der Waals surface area contributed by atoms with E-state index in [4.69, 9.17) is 0 Å². The zero-order chi connectivity index (χ0) is 23.1. The molecule has 11 heteroatoms. The summed E-state index contributed by atoms with van der Waals surface area (Å²) >= 11 is 1.22. The molecule has 0 fully saturated rings. The van der Waals surface area contributed by atoms with Crippen molar-refractivity contribution in [3.63, 3.8) is 0 Å². The van der Waals surface area contributed by atoms with E-state index in [0.717, 1.165) is 28.4 Å². The fourth-order valence-electron chi connectivity index (χ4n) is 3.03. The standard InChI is InChI=1S/C21H26F3N7S/c1-4-5-6-15(10-25-3)17-12-27-20-19(28-14(2)13-31(17)20)29-18-9-16(30-32-18)11-26-8-7-21(22,23)24/h5-6,9-10,12-13,25-26H,4,7-8,11H2,1-3H3,(H,28,29)/b6-5+,15-10+. The van der Waals surface area contributed by atoms with Crippen molar-refractivity contribution in [1.29, 1.82) is 0 Å². The van der Waals surface area contributed by atoms with Crippen molar-refractivity contribution in [1.82, 2.24) is 29.4 Å². The third-order valence-corrected chi connectivity index (χ3v) is 5.18. The minimum absolute atomic E-state index is 0.143. The molecule has 32 heavy (non-hydrogen) atoms. The van der Waals surface area contributed by atoms with Gasteiger partial charge in [0.05, 0.1) is 29.7 Å². The molecule has 0 aliphatic rings. The lowest BCUT2D eigenvalue weighted by atomic mass is 10.2. The molecule has 7 nitrogen and oxygen atoms in total. The van der Waals surface area contributed by atoms with E-state index >= 15 is 0 Å². The maximum absolute atomic E-state index is 12.3. The molecule has 0 aliphatic carbocycles. The Morgan fingerprint density at radius 2 is 2.12 bits per heavy atom. The normalized spacial score (nSPS) is 12.8. The van der Waals surface area contributed by atoms with Gasteiger partial charge in [-0.05, 0) is 30.9 Å². The number of nitrogens with one attached hydrogen (secondary N) is 3. The van der Waals surface area contributed by atoms with Gasteiger partial charge in [0.15, 0.2) is 11.5 Å². The molecule has 0 unspecified atom stereocenters. The third kappa shape index (κ3) is 6.30. The number of hydrogen-bond acceptors (Lipinski definition) is 7. The highest BCUT2D eigenvalue weighted by molar-refractivity contribution is 7.10. The molecule has 0 saturated heterocycles. The van der Waals surface area contributed by atoms with Gasteiger partial charge < -0.3 is 16.0 Å². The first-order valence-corrected chi connectivity index (χ1v) is 11.0. The predicted octanol–water partition coefficient (Wildman–Crippen LogP) is 4.81. The Balaban J connectivity index is 1.79. The molecule has 3 heterocycles. The Morgan fingerprint density at radius 1 is 1.31 bits per heavy atom. The van der Waals surface area contributed by atoms with Crippen LogP contribution in [-0.2, 0) is 6.54 Å². The largest absolute Gasteiger partial charge is 0.393 e. The minimum atomic E-state index is -4.17. The topological polar surface area (TPSA) is 79.2 Å². The van der Waals surface area contributed by atoms with Crippen LogP contribution in [0.25, 0.3) is 11.2 Å². The van der Waals surface area contributed by atoms with E-state index in [9.17, 15) is 13.2 Å². The number of rotatable bonds is 10. The molecule has 0 atom stereocenters. The monoisotopic (exact) mass is 465 g/mol. The number of fused-ring (bicyclic) bond motifs is 1. The van der Waals surface area contributed by atoms with Crippen molar-refractivity contribution in [2.75, 3.05) is 18.9 Å². The molecule has 0 bridgehead atoms. The third-order valence-electron chi connectivity index (χ3n) is 4.43. The number of nitrogens with zero attached hydrogens (tertiary/aromatic N) is 4. The van der Waals surface area contributed by atoms with Crippen LogP contribution in [0.4, 0.5) is 24.0 Å². The van der Waals surface area contributed by atoms with Crippen molar-refractivity contribution in [3.05, 3.63) is 53.9 Å². The van der Waals surface area contributed by atoms with Crippen LogP contribution in [0.5, 0.6) is 0 Å². The fraction of sp³-hybridized carbons (Fsp3) is 0.381. The van der Waals surface area contributed by atoms with E-state index < -0.39 is 12.6 Å². The SMILES string of the molecule is CC/C=C/C(=C\NC)c1cnc2c(Nc3cc(CNCCC(F)(F)F)ns3)nc(C)cn12. The molecule has 3 aromatic heterocycles. The van der Waals surface area contributed by atoms with Crippen LogP contribution in [0.2, 0.25) is 0 Å². The van der Waals surface area contributed by atoms with Crippen molar-refractivity contribution in [2.45, 2.75) is 39.4 Å². The van der Waals surface area contributed by atoms with Crippen molar-refractivity contribution in [2.24, 2.45) is 0 Å². The van der Waals surface area contributed by atoms with Crippen LogP contribution in [0.1, 0.15) is 36.8 Å². The maximum atomic E-state index is 12.3. The van der Waals surface area contributed by atoms with E-state index in [1.807, 2.05) is 36.8 Å². The molecule has 0 amide bonds. The van der Waals surface area contributed by atoms with E-state index in [1.165, 1.54) is 11.5 Å². The molecule has 0 radical (unpaired) electrons. The molecule has 0 aromatic carbocycles. The minimum Gasteiger partial charge on any atom is -0.393 e.